The number of aromatic nitrogens is 1. The summed E-state index contributed by atoms with van der Waals surface area (Å²) in [5.74, 6) is 0.298. The van der Waals surface area contributed by atoms with E-state index in [1.807, 2.05) is 0 Å². The lowest BCUT2D eigenvalue weighted by molar-refractivity contribution is 0.0948. The highest BCUT2D eigenvalue weighted by Gasteiger charge is 2.15. The number of aromatic hydroxyl groups is 1. The largest absolute Gasteiger partial charge is 0.508 e. The third-order valence-electron chi connectivity index (χ3n) is 3.94. The lowest BCUT2D eigenvalue weighted by Crippen LogP contribution is -2.34. The smallest absolute Gasteiger partial charge is 0.263 e. The van der Waals surface area contributed by atoms with Gasteiger partial charge in [-0.05, 0) is 48.6 Å². The molecule has 5 nitrogen and oxygen atoms in total. The highest BCUT2D eigenvalue weighted by atomic mass is 16.3. The first-order valence-corrected chi connectivity index (χ1v) is 8.14. The van der Waals surface area contributed by atoms with Crippen LogP contribution in [0.1, 0.15) is 41.8 Å². The Bertz CT molecular complexity index is 761. The molecule has 0 bridgehead atoms. The molecule has 0 unspecified atom stereocenters. The van der Waals surface area contributed by atoms with Gasteiger partial charge in [-0.25, -0.2) is 0 Å². The van der Waals surface area contributed by atoms with Crippen LogP contribution in [0.25, 0.3) is 0 Å². The molecule has 0 fully saturated rings. The number of hydrogen-bond acceptors (Lipinski definition) is 3. The normalized spacial score (nSPS) is 10.8. The first-order valence-electron chi connectivity index (χ1n) is 8.14. The van der Waals surface area contributed by atoms with Crippen LogP contribution in [0, 0.1) is 12.8 Å². The maximum Gasteiger partial charge on any atom is 0.263 e. The second-order valence-electron chi connectivity index (χ2n) is 6.40. The molecule has 0 atom stereocenters. The van der Waals surface area contributed by atoms with E-state index in [0.29, 0.717) is 24.6 Å². The minimum Gasteiger partial charge on any atom is -0.508 e. The number of phenols is 1. The van der Waals surface area contributed by atoms with Gasteiger partial charge in [-0.1, -0.05) is 26.0 Å². The lowest BCUT2D eigenvalue weighted by atomic mass is 10.1. The van der Waals surface area contributed by atoms with Gasteiger partial charge in [0, 0.05) is 19.3 Å². The quantitative estimate of drug-likeness (QED) is 0.856. The van der Waals surface area contributed by atoms with Crippen LogP contribution < -0.4 is 10.9 Å². The number of pyridine rings is 1. The Kier molecular flexibility index (Phi) is 5.79. The van der Waals surface area contributed by atoms with E-state index in [1.54, 1.807) is 48.0 Å². The number of carbonyl (C=O) groups excluding carboxylic acids is 1. The average molecular weight is 328 g/mol. The summed E-state index contributed by atoms with van der Waals surface area (Å²) in [7, 11) is 0. The van der Waals surface area contributed by atoms with E-state index in [2.05, 4.69) is 19.2 Å². The number of carbonyl (C=O) groups is 1. The van der Waals surface area contributed by atoms with Gasteiger partial charge in [0.15, 0.2) is 0 Å². The van der Waals surface area contributed by atoms with Crippen molar-refractivity contribution in [1.29, 1.82) is 0 Å². The van der Waals surface area contributed by atoms with E-state index in [4.69, 9.17) is 0 Å². The van der Waals surface area contributed by atoms with Crippen LogP contribution in [0.3, 0.4) is 0 Å². The third kappa shape index (κ3) is 4.47. The maximum absolute atomic E-state index is 12.6. The molecule has 0 aliphatic heterocycles. The molecular formula is C19H24N2O3. The van der Waals surface area contributed by atoms with Gasteiger partial charge in [0.1, 0.15) is 11.3 Å². The Balaban J connectivity index is 2.14. The number of rotatable bonds is 6. The predicted octanol–water partition coefficient (Wildman–Crippen LogP) is 2.84. The van der Waals surface area contributed by atoms with Gasteiger partial charge < -0.3 is 15.0 Å². The highest BCUT2D eigenvalue weighted by Crippen LogP contribution is 2.10. The molecule has 128 valence electrons. The molecule has 1 amide bonds. The topological polar surface area (TPSA) is 71.3 Å². The van der Waals surface area contributed by atoms with Crippen molar-refractivity contribution >= 4 is 5.91 Å². The van der Waals surface area contributed by atoms with Crippen molar-refractivity contribution in [3.63, 3.8) is 0 Å². The second-order valence-corrected chi connectivity index (χ2v) is 6.40. The first-order chi connectivity index (χ1) is 11.4. The molecule has 0 aliphatic carbocycles. The van der Waals surface area contributed by atoms with Crippen molar-refractivity contribution in [2.24, 2.45) is 5.92 Å². The van der Waals surface area contributed by atoms with Gasteiger partial charge in [-0.2, -0.15) is 0 Å². The van der Waals surface area contributed by atoms with Gasteiger partial charge in [-0.3, -0.25) is 9.59 Å². The monoisotopic (exact) mass is 328 g/mol. The summed E-state index contributed by atoms with van der Waals surface area (Å²) >= 11 is 0. The number of benzene rings is 1. The maximum atomic E-state index is 12.6. The molecular weight excluding hydrogens is 304 g/mol. The molecule has 2 rings (SSSR count). The van der Waals surface area contributed by atoms with Crippen molar-refractivity contribution in [2.75, 3.05) is 0 Å². The van der Waals surface area contributed by atoms with Crippen LogP contribution in [0.15, 0.2) is 41.3 Å². The SMILES string of the molecule is Cc1ccn(CCC(C)C)c(=O)c1C(=O)NCc1ccc(O)cc1. The van der Waals surface area contributed by atoms with Crippen LogP contribution >= 0.6 is 0 Å². The Morgan fingerprint density at radius 3 is 2.50 bits per heavy atom. The van der Waals surface area contributed by atoms with Gasteiger partial charge in [-0.15, -0.1) is 0 Å². The van der Waals surface area contributed by atoms with E-state index >= 15 is 0 Å². The van der Waals surface area contributed by atoms with Gasteiger partial charge in [0.05, 0.1) is 0 Å². The zero-order valence-electron chi connectivity index (χ0n) is 14.4. The fourth-order valence-electron chi connectivity index (χ4n) is 2.40. The van der Waals surface area contributed by atoms with Gasteiger partial charge >= 0.3 is 0 Å². The zero-order valence-corrected chi connectivity index (χ0v) is 14.4. The summed E-state index contributed by atoms with van der Waals surface area (Å²) in [6.07, 6.45) is 2.63. The summed E-state index contributed by atoms with van der Waals surface area (Å²) in [4.78, 5) is 25.0. The Morgan fingerprint density at radius 1 is 1.21 bits per heavy atom. The van der Waals surface area contributed by atoms with Crippen molar-refractivity contribution < 1.29 is 9.90 Å². The summed E-state index contributed by atoms with van der Waals surface area (Å²) < 4.78 is 1.60. The van der Waals surface area contributed by atoms with Crippen molar-refractivity contribution in [3.05, 3.63) is 63.6 Å². The number of amides is 1. The number of phenolic OH excluding ortho intramolecular Hbond substituents is 1. The third-order valence-corrected chi connectivity index (χ3v) is 3.94. The number of nitrogens with zero attached hydrogens (tertiary/aromatic N) is 1. The molecule has 2 aromatic rings. The van der Waals surface area contributed by atoms with Crippen LogP contribution in [-0.4, -0.2) is 15.6 Å². The summed E-state index contributed by atoms with van der Waals surface area (Å²) in [5, 5.41) is 12.0. The van der Waals surface area contributed by atoms with E-state index in [1.165, 1.54) is 0 Å². The minimum absolute atomic E-state index is 0.178. The van der Waals surface area contributed by atoms with E-state index in [-0.39, 0.29) is 22.8 Å². The minimum atomic E-state index is -0.371. The molecule has 0 aliphatic rings. The summed E-state index contributed by atoms with van der Waals surface area (Å²) in [5.41, 5.74) is 1.47. The molecule has 24 heavy (non-hydrogen) atoms. The van der Waals surface area contributed by atoms with Gasteiger partial charge in [0.25, 0.3) is 11.5 Å². The van der Waals surface area contributed by atoms with Crippen molar-refractivity contribution in [3.8, 4) is 5.75 Å². The highest BCUT2D eigenvalue weighted by molar-refractivity contribution is 5.95. The fraction of sp³-hybridized carbons (Fsp3) is 0.368. The predicted molar refractivity (Wildman–Crippen MR) is 94.2 cm³/mol. The lowest BCUT2D eigenvalue weighted by Gasteiger charge is -2.12. The van der Waals surface area contributed by atoms with Gasteiger partial charge in [0.2, 0.25) is 0 Å². The van der Waals surface area contributed by atoms with Crippen molar-refractivity contribution in [1.82, 2.24) is 9.88 Å². The summed E-state index contributed by atoms with van der Waals surface area (Å²) in [6, 6.07) is 8.39. The van der Waals surface area contributed by atoms with Crippen molar-refractivity contribution in [2.45, 2.75) is 40.3 Å². The average Bonchev–Trinajstić information content (AvgIpc) is 2.53. The van der Waals surface area contributed by atoms with E-state index < -0.39 is 0 Å². The summed E-state index contributed by atoms with van der Waals surface area (Å²) in [6.45, 7) is 6.88. The van der Waals surface area contributed by atoms with Crippen LogP contribution in [-0.2, 0) is 13.1 Å². The molecule has 1 aromatic heterocycles. The molecule has 1 heterocycles. The first kappa shape index (κ1) is 17.8. The second kappa shape index (κ2) is 7.81. The number of aryl methyl sites for hydroxylation is 2. The molecule has 0 saturated heterocycles. The Labute approximate surface area is 142 Å². The zero-order chi connectivity index (χ0) is 17.7. The van der Waals surface area contributed by atoms with Crippen LogP contribution in [0.4, 0.5) is 0 Å². The molecule has 2 N–H and O–H groups in total. The standard InChI is InChI=1S/C19H24N2O3/c1-13(2)8-10-21-11-9-14(3)17(19(21)24)18(23)20-12-15-4-6-16(22)7-5-15/h4-7,9,11,13,22H,8,10,12H2,1-3H3,(H,20,23). The Morgan fingerprint density at radius 2 is 1.88 bits per heavy atom. The molecule has 0 spiro atoms. The molecule has 0 radical (unpaired) electrons. The number of nitrogens with one attached hydrogen (secondary N) is 1. The van der Waals surface area contributed by atoms with E-state index in [9.17, 15) is 14.7 Å². The Hall–Kier alpha value is -2.56. The van der Waals surface area contributed by atoms with Crippen LogP contribution in [0.5, 0.6) is 5.75 Å². The van der Waals surface area contributed by atoms with E-state index in [0.717, 1.165) is 12.0 Å². The van der Waals surface area contributed by atoms with Crippen LogP contribution in [0.2, 0.25) is 0 Å². The fourth-order valence-corrected chi connectivity index (χ4v) is 2.40. The number of hydrogen-bond donors (Lipinski definition) is 2. The molecule has 0 saturated carbocycles. The molecule has 1 aromatic carbocycles. The molecule has 5 heteroatoms.